The summed E-state index contributed by atoms with van der Waals surface area (Å²) in [5, 5.41) is 8.95. The number of carboxylic acid groups (broad SMARTS) is 1. The molecule has 2 aromatic carbocycles. The van der Waals surface area contributed by atoms with Crippen LogP contribution < -0.4 is 4.74 Å². The highest BCUT2D eigenvalue weighted by Crippen LogP contribution is 2.18. The third-order valence-electron chi connectivity index (χ3n) is 3.07. The maximum atomic E-state index is 10.9. The molecule has 0 aliphatic carbocycles. The van der Waals surface area contributed by atoms with Crippen molar-refractivity contribution in [1.82, 2.24) is 0 Å². The number of carbonyl (C=O) groups is 1. The summed E-state index contributed by atoms with van der Waals surface area (Å²) >= 11 is 2.25. The molecule has 0 spiro atoms. The number of hydrogen-bond acceptors (Lipinski definition) is 2. The van der Waals surface area contributed by atoms with Gasteiger partial charge in [0.1, 0.15) is 12.4 Å². The highest BCUT2D eigenvalue weighted by atomic mass is 127. The molecule has 0 heterocycles. The van der Waals surface area contributed by atoms with Gasteiger partial charge in [0.25, 0.3) is 0 Å². The average Bonchev–Trinajstić information content (AvgIpc) is 2.46. The Kier molecular flexibility index (Phi) is 5.00. The molecule has 0 aliphatic rings. The van der Waals surface area contributed by atoms with Crippen LogP contribution in [0.4, 0.5) is 0 Å². The van der Waals surface area contributed by atoms with Crippen LogP contribution in [0.1, 0.15) is 24.0 Å². The average molecular weight is 382 g/mol. The van der Waals surface area contributed by atoms with E-state index in [1.807, 2.05) is 48.5 Å². The summed E-state index contributed by atoms with van der Waals surface area (Å²) in [5.41, 5.74) is 1.82. The molecular weight excluding hydrogens is 367 g/mol. The molecule has 1 atom stereocenters. The fourth-order valence-corrected chi connectivity index (χ4v) is 2.10. The number of aliphatic carboxylic acids is 1. The second-order valence-electron chi connectivity index (χ2n) is 4.54. The molecule has 104 valence electrons. The van der Waals surface area contributed by atoms with Gasteiger partial charge in [0, 0.05) is 3.57 Å². The molecule has 0 saturated heterocycles. The molecule has 0 bridgehead atoms. The number of hydrogen-bond donors (Lipinski definition) is 1. The molecule has 1 N–H and O–H groups in total. The lowest BCUT2D eigenvalue weighted by Crippen LogP contribution is -2.07. The minimum atomic E-state index is -0.812. The van der Waals surface area contributed by atoms with Gasteiger partial charge in [0.05, 0.1) is 5.92 Å². The van der Waals surface area contributed by atoms with E-state index in [0.29, 0.717) is 6.61 Å². The van der Waals surface area contributed by atoms with Gasteiger partial charge in [-0.15, -0.1) is 0 Å². The van der Waals surface area contributed by atoms with Crippen molar-refractivity contribution in [3.63, 3.8) is 0 Å². The van der Waals surface area contributed by atoms with Gasteiger partial charge in [0.15, 0.2) is 0 Å². The van der Waals surface area contributed by atoms with Crippen LogP contribution >= 0.6 is 22.6 Å². The predicted molar refractivity (Wildman–Crippen MR) is 86.0 cm³/mol. The van der Waals surface area contributed by atoms with E-state index in [4.69, 9.17) is 9.84 Å². The Bertz CT molecular complexity index is 576. The van der Waals surface area contributed by atoms with Gasteiger partial charge in [-0.3, -0.25) is 4.79 Å². The predicted octanol–water partition coefficient (Wildman–Crippen LogP) is 4.06. The highest BCUT2D eigenvalue weighted by molar-refractivity contribution is 14.1. The zero-order chi connectivity index (χ0) is 14.5. The maximum Gasteiger partial charge on any atom is 0.310 e. The van der Waals surface area contributed by atoms with E-state index in [1.54, 1.807) is 6.92 Å². The van der Waals surface area contributed by atoms with Crippen molar-refractivity contribution >= 4 is 28.6 Å². The van der Waals surface area contributed by atoms with Crippen LogP contribution in [-0.4, -0.2) is 11.1 Å². The maximum absolute atomic E-state index is 10.9. The van der Waals surface area contributed by atoms with Crippen molar-refractivity contribution in [1.29, 1.82) is 0 Å². The third kappa shape index (κ3) is 3.96. The monoisotopic (exact) mass is 382 g/mol. The summed E-state index contributed by atoms with van der Waals surface area (Å²) in [6.45, 7) is 2.15. The first-order valence-electron chi connectivity index (χ1n) is 6.26. The van der Waals surface area contributed by atoms with Gasteiger partial charge in [-0.1, -0.05) is 24.3 Å². The van der Waals surface area contributed by atoms with E-state index in [9.17, 15) is 4.79 Å². The molecule has 1 unspecified atom stereocenters. The molecule has 20 heavy (non-hydrogen) atoms. The molecular formula is C16H15IO3. The normalized spacial score (nSPS) is 11.9. The summed E-state index contributed by atoms with van der Waals surface area (Å²) in [6, 6.07) is 15.3. The van der Waals surface area contributed by atoms with E-state index >= 15 is 0 Å². The Morgan fingerprint density at radius 3 is 2.30 bits per heavy atom. The summed E-state index contributed by atoms with van der Waals surface area (Å²) < 4.78 is 6.84. The van der Waals surface area contributed by atoms with Gasteiger partial charge in [-0.2, -0.15) is 0 Å². The van der Waals surface area contributed by atoms with Gasteiger partial charge in [-0.05, 0) is 64.9 Å². The van der Waals surface area contributed by atoms with Crippen molar-refractivity contribution in [3.05, 3.63) is 63.2 Å². The van der Waals surface area contributed by atoms with E-state index in [-0.39, 0.29) is 0 Å². The molecule has 0 fully saturated rings. The van der Waals surface area contributed by atoms with E-state index in [1.165, 1.54) is 3.57 Å². The molecule has 0 amide bonds. The smallest absolute Gasteiger partial charge is 0.310 e. The largest absolute Gasteiger partial charge is 0.489 e. The lowest BCUT2D eigenvalue weighted by molar-refractivity contribution is -0.138. The number of ether oxygens (including phenoxy) is 1. The van der Waals surface area contributed by atoms with Gasteiger partial charge >= 0.3 is 5.97 Å². The van der Waals surface area contributed by atoms with Gasteiger partial charge in [-0.25, -0.2) is 0 Å². The summed E-state index contributed by atoms with van der Waals surface area (Å²) in [4.78, 5) is 10.9. The van der Waals surface area contributed by atoms with Gasteiger partial charge < -0.3 is 9.84 Å². The van der Waals surface area contributed by atoms with Crippen LogP contribution in [0.2, 0.25) is 0 Å². The highest BCUT2D eigenvalue weighted by Gasteiger charge is 2.12. The van der Waals surface area contributed by atoms with Crippen molar-refractivity contribution in [2.45, 2.75) is 19.4 Å². The minimum absolute atomic E-state index is 0.475. The molecule has 0 saturated carbocycles. The first-order valence-corrected chi connectivity index (χ1v) is 7.34. The fraction of sp³-hybridized carbons (Fsp3) is 0.188. The van der Waals surface area contributed by atoms with Crippen LogP contribution in [0.3, 0.4) is 0 Å². The van der Waals surface area contributed by atoms with Gasteiger partial charge in [0.2, 0.25) is 0 Å². The lowest BCUT2D eigenvalue weighted by atomic mass is 10.0. The van der Waals surface area contributed by atoms with Crippen molar-refractivity contribution in [3.8, 4) is 5.75 Å². The zero-order valence-electron chi connectivity index (χ0n) is 11.0. The summed E-state index contributed by atoms with van der Waals surface area (Å²) in [6.07, 6.45) is 0. The standard InChI is InChI=1S/C16H15IO3/c1-11(16(18)19)13-4-2-12(3-5-13)10-20-15-8-6-14(17)7-9-15/h2-9,11H,10H2,1H3,(H,18,19). The van der Waals surface area contributed by atoms with E-state index in [0.717, 1.165) is 16.9 Å². The third-order valence-corrected chi connectivity index (χ3v) is 3.79. The van der Waals surface area contributed by atoms with Crippen LogP contribution in [0.5, 0.6) is 5.75 Å². The van der Waals surface area contributed by atoms with E-state index in [2.05, 4.69) is 22.6 Å². The van der Waals surface area contributed by atoms with Crippen LogP contribution in [0.25, 0.3) is 0 Å². The quantitative estimate of drug-likeness (QED) is 0.794. The van der Waals surface area contributed by atoms with Crippen molar-refractivity contribution in [2.75, 3.05) is 0 Å². The van der Waals surface area contributed by atoms with E-state index < -0.39 is 11.9 Å². The van der Waals surface area contributed by atoms with Crippen molar-refractivity contribution in [2.24, 2.45) is 0 Å². The number of rotatable bonds is 5. The van der Waals surface area contributed by atoms with Crippen molar-refractivity contribution < 1.29 is 14.6 Å². The Labute approximate surface area is 131 Å². The second kappa shape index (κ2) is 6.74. The number of benzene rings is 2. The molecule has 0 aromatic heterocycles. The first kappa shape index (κ1) is 14.8. The number of halogens is 1. The Hall–Kier alpha value is -1.56. The summed E-state index contributed by atoms with van der Waals surface area (Å²) in [7, 11) is 0. The Morgan fingerprint density at radius 2 is 1.75 bits per heavy atom. The van der Waals surface area contributed by atoms with Crippen LogP contribution in [-0.2, 0) is 11.4 Å². The summed E-state index contributed by atoms with van der Waals surface area (Å²) in [5.74, 6) is -0.470. The van der Waals surface area contributed by atoms with Crippen LogP contribution in [0.15, 0.2) is 48.5 Å². The second-order valence-corrected chi connectivity index (χ2v) is 5.79. The van der Waals surface area contributed by atoms with Crippen LogP contribution in [0, 0.1) is 3.57 Å². The molecule has 2 aromatic rings. The topological polar surface area (TPSA) is 46.5 Å². The first-order chi connectivity index (χ1) is 9.56. The molecule has 0 aliphatic heterocycles. The molecule has 2 rings (SSSR count). The Morgan fingerprint density at radius 1 is 1.15 bits per heavy atom. The SMILES string of the molecule is CC(C(=O)O)c1ccc(COc2ccc(I)cc2)cc1. The number of carboxylic acids is 1. The Balaban J connectivity index is 1.97. The minimum Gasteiger partial charge on any atom is -0.489 e. The molecule has 3 nitrogen and oxygen atoms in total. The lowest BCUT2D eigenvalue weighted by Gasteiger charge is -2.09. The fourth-order valence-electron chi connectivity index (χ4n) is 1.74. The zero-order valence-corrected chi connectivity index (χ0v) is 13.2. The molecule has 4 heteroatoms. The molecule has 0 radical (unpaired) electrons.